The number of nitrogens with zero attached hydrogens (tertiary/aromatic N) is 3. The summed E-state index contributed by atoms with van der Waals surface area (Å²) in [7, 11) is 3.37. The number of benzene rings is 2. The molecular weight excluding hydrogens is 381 g/mol. The third-order valence-corrected chi connectivity index (χ3v) is 5.66. The number of amides is 2. The summed E-state index contributed by atoms with van der Waals surface area (Å²) in [6, 6.07) is 11.4. The highest BCUT2D eigenvalue weighted by Crippen LogP contribution is 2.33. The van der Waals surface area contributed by atoms with Crippen LogP contribution in [-0.4, -0.2) is 25.2 Å². The van der Waals surface area contributed by atoms with Gasteiger partial charge in [-0.15, -0.1) is 0 Å². The van der Waals surface area contributed by atoms with E-state index in [4.69, 9.17) is 0 Å². The lowest BCUT2D eigenvalue weighted by Gasteiger charge is -2.12. The van der Waals surface area contributed by atoms with Gasteiger partial charge < -0.3 is 0 Å². The SMILES string of the molecule is Cn1c(=O)n(C)c2cc(/C=C3/SC(=O)N(Cc4ccccc4F)C3=O)ccc21. The van der Waals surface area contributed by atoms with Crippen molar-refractivity contribution in [2.75, 3.05) is 0 Å². The third-order valence-electron chi connectivity index (χ3n) is 4.75. The van der Waals surface area contributed by atoms with Gasteiger partial charge in [-0.2, -0.15) is 0 Å². The van der Waals surface area contributed by atoms with Gasteiger partial charge in [-0.25, -0.2) is 9.18 Å². The number of carbonyl (C=O) groups excluding carboxylic acids is 2. The lowest BCUT2D eigenvalue weighted by molar-refractivity contribution is -0.123. The zero-order valence-corrected chi connectivity index (χ0v) is 16.0. The lowest BCUT2D eigenvalue weighted by atomic mass is 10.1. The van der Waals surface area contributed by atoms with Crippen LogP contribution in [0.2, 0.25) is 0 Å². The number of hydrogen-bond acceptors (Lipinski definition) is 4. The highest BCUT2D eigenvalue weighted by Gasteiger charge is 2.35. The number of hydrogen-bond donors (Lipinski definition) is 0. The highest BCUT2D eigenvalue weighted by molar-refractivity contribution is 8.18. The molecule has 2 amide bonds. The molecule has 0 N–H and O–H groups in total. The Hall–Kier alpha value is -3.13. The molecule has 0 atom stereocenters. The van der Waals surface area contributed by atoms with E-state index >= 15 is 0 Å². The van der Waals surface area contributed by atoms with Crippen LogP contribution in [0.4, 0.5) is 9.18 Å². The van der Waals surface area contributed by atoms with Gasteiger partial charge in [0.15, 0.2) is 0 Å². The van der Waals surface area contributed by atoms with Gasteiger partial charge in [0.05, 0.1) is 22.5 Å². The molecule has 8 heteroatoms. The average Bonchev–Trinajstić information content (AvgIpc) is 3.06. The summed E-state index contributed by atoms with van der Waals surface area (Å²) in [6.45, 7) is -0.110. The van der Waals surface area contributed by atoms with Crippen LogP contribution in [0.1, 0.15) is 11.1 Å². The van der Waals surface area contributed by atoms with Crippen LogP contribution in [0, 0.1) is 5.82 Å². The standard InChI is InChI=1S/C20H16FN3O3S/c1-22-15-8-7-12(9-16(15)23(2)19(22)26)10-17-18(25)24(20(27)28-17)11-13-5-3-4-6-14(13)21/h3-10H,11H2,1-2H3/b17-10+. The quantitative estimate of drug-likeness (QED) is 0.637. The van der Waals surface area contributed by atoms with E-state index in [-0.39, 0.29) is 22.7 Å². The van der Waals surface area contributed by atoms with Crippen molar-refractivity contribution in [2.45, 2.75) is 6.54 Å². The van der Waals surface area contributed by atoms with E-state index in [0.717, 1.165) is 27.7 Å². The van der Waals surface area contributed by atoms with Crippen molar-refractivity contribution in [1.82, 2.24) is 14.0 Å². The van der Waals surface area contributed by atoms with Gasteiger partial charge in [-0.1, -0.05) is 24.3 Å². The Bertz CT molecular complexity index is 1230. The minimum Gasteiger partial charge on any atom is -0.295 e. The van der Waals surface area contributed by atoms with E-state index < -0.39 is 17.0 Å². The van der Waals surface area contributed by atoms with Crippen molar-refractivity contribution in [2.24, 2.45) is 14.1 Å². The monoisotopic (exact) mass is 397 g/mol. The number of halogens is 1. The molecule has 0 aliphatic carbocycles. The summed E-state index contributed by atoms with van der Waals surface area (Å²) in [5.41, 5.74) is 2.35. The molecule has 1 aliphatic heterocycles. The lowest BCUT2D eigenvalue weighted by Crippen LogP contribution is -2.27. The van der Waals surface area contributed by atoms with Crippen LogP contribution in [0.3, 0.4) is 0 Å². The first-order valence-corrected chi connectivity index (χ1v) is 9.32. The molecule has 28 heavy (non-hydrogen) atoms. The highest BCUT2D eigenvalue weighted by atomic mass is 32.2. The van der Waals surface area contributed by atoms with Crippen molar-refractivity contribution < 1.29 is 14.0 Å². The molecule has 1 saturated heterocycles. The third kappa shape index (κ3) is 2.95. The van der Waals surface area contributed by atoms with Gasteiger partial charge in [0, 0.05) is 19.7 Å². The van der Waals surface area contributed by atoms with Crippen LogP contribution < -0.4 is 5.69 Å². The summed E-state index contributed by atoms with van der Waals surface area (Å²) in [5.74, 6) is -0.915. The van der Waals surface area contributed by atoms with Crippen molar-refractivity contribution >= 4 is 40.0 Å². The van der Waals surface area contributed by atoms with E-state index in [9.17, 15) is 18.8 Å². The minimum atomic E-state index is -0.458. The zero-order chi connectivity index (χ0) is 20.0. The van der Waals surface area contributed by atoms with Gasteiger partial charge in [0.25, 0.3) is 11.1 Å². The molecule has 2 aromatic carbocycles. The van der Waals surface area contributed by atoms with E-state index in [2.05, 4.69) is 0 Å². The second-order valence-corrected chi connectivity index (χ2v) is 7.50. The van der Waals surface area contributed by atoms with Gasteiger partial charge in [0.2, 0.25) is 0 Å². The van der Waals surface area contributed by atoms with Crippen LogP contribution in [-0.2, 0) is 25.4 Å². The first-order chi connectivity index (χ1) is 13.4. The molecule has 142 valence electrons. The van der Waals surface area contributed by atoms with Gasteiger partial charge >= 0.3 is 5.69 Å². The molecule has 6 nitrogen and oxygen atoms in total. The number of imide groups is 1. The van der Waals surface area contributed by atoms with Gasteiger partial charge in [-0.05, 0) is 41.6 Å². The molecule has 0 saturated carbocycles. The Morgan fingerprint density at radius 3 is 2.46 bits per heavy atom. The van der Waals surface area contributed by atoms with E-state index in [0.29, 0.717) is 5.56 Å². The maximum Gasteiger partial charge on any atom is 0.328 e. The average molecular weight is 397 g/mol. The number of thioether (sulfide) groups is 1. The van der Waals surface area contributed by atoms with Crippen molar-refractivity contribution in [3.8, 4) is 0 Å². The summed E-state index contributed by atoms with van der Waals surface area (Å²) < 4.78 is 16.9. The fourth-order valence-corrected chi connectivity index (χ4v) is 4.04. The number of carbonyl (C=O) groups is 2. The predicted molar refractivity (Wildman–Crippen MR) is 106 cm³/mol. The summed E-state index contributed by atoms with van der Waals surface area (Å²) in [4.78, 5) is 38.3. The molecule has 2 heterocycles. The molecule has 3 aromatic rings. The molecule has 0 bridgehead atoms. The molecule has 0 unspecified atom stereocenters. The van der Waals surface area contributed by atoms with Crippen LogP contribution in [0.25, 0.3) is 17.1 Å². The van der Waals surface area contributed by atoms with E-state index in [1.165, 1.54) is 10.6 Å². The first kappa shape index (κ1) is 18.2. The number of aryl methyl sites for hydroxylation is 2. The largest absolute Gasteiger partial charge is 0.328 e. The Balaban J connectivity index is 1.66. The summed E-state index contributed by atoms with van der Waals surface area (Å²) >= 11 is 0.822. The van der Waals surface area contributed by atoms with Crippen molar-refractivity contribution in [1.29, 1.82) is 0 Å². The van der Waals surface area contributed by atoms with Crippen LogP contribution >= 0.6 is 11.8 Å². The van der Waals surface area contributed by atoms with Gasteiger partial charge in [-0.3, -0.25) is 23.6 Å². The normalized spacial score (nSPS) is 16.0. The summed E-state index contributed by atoms with van der Waals surface area (Å²) in [5, 5.41) is -0.437. The molecule has 1 fully saturated rings. The molecule has 1 aromatic heterocycles. The number of aromatic nitrogens is 2. The zero-order valence-electron chi connectivity index (χ0n) is 15.2. The fraction of sp³-hybridized carbons (Fsp3) is 0.150. The fourth-order valence-electron chi connectivity index (χ4n) is 3.20. The predicted octanol–water partition coefficient (Wildman–Crippen LogP) is 3.25. The Morgan fingerprint density at radius 2 is 1.71 bits per heavy atom. The van der Waals surface area contributed by atoms with Crippen LogP contribution in [0.15, 0.2) is 52.2 Å². The Morgan fingerprint density at radius 1 is 1.00 bits per heavy atom. The topological polar surface area (TPSA) is 64.3 Å². The number of fused-ring (bicyclic) bond motifs is 1. The Kier molecular flexibility index (Phi) is 4.43. The maximum atomic E-state index is 13.9. The smallest absolute Gasteiger partial charge is 0.295 e. The second-order valence-electron chi connectivity index (χ2n) is 6.51. The van der Waals surface area contributed by atoms with Crippen molar-refractivity contribution in [3.05, 3.63) is 74.8 Å². The molecule has 0 spiro atoms. The number of rotatable bonds is 3. The number of imidazole rings is 1. The molecule has 4 rings (SSSR count). The molecule has 0 radical (unpaired) electrons. The van der Waals surface area contributed by atoms with Crippen LogP contribution in [0.5, 0.6) is 0 Å². The maximum absolute atomic E-state index is 13.9. The molecular formula is C20H16FN3O3S. The Labute approximate surface area is 163 Å². The van der Waals surface area contributed by atoms with Crippen molar-refractivity contribution in [3.63, 3.8) is 0 Å². The second kappa shape index (κ2) is 6.79. The van der Waals surface area contributed by atoms with Gasteiger partial charge in [0.1, 0.15) is 5.82 Å². The first-order valence-electron chi connectivity index (χ1n) is 8.51. The summed E-state index contributed by atoms with van der Waals surface area (Å²) in [6.07, 6.45) is 1.61. The van der Waals surface area contributed by atoms with E-state index in [1.807, 2.05) is 0 Å². The van der Waals surface area contributed by atoms with E-state index in [1.54, 1.807) is 61.1 Å². The minimum absolute atomic E-state index is 0.110. The molecule has 1 aliphatic rings.